The van der Waals surface area contributed by atoms with Gasteiger partial charge in [-0.25, -0.2) is 14.8 Å². The van der Waals surface area contributed by atoms with Gasteiger partial charge < -0.3 is 15.4 Å². The van der Waals surface area contributed by atoms with E-state index in [9.17, 15) is 4.79 Å². The van der Waals surface area contributed by atoms with Crippen molar-refractivity contribution in [2.24, 2.45) is 5.92 Å². The van der Waals surface area contributed by atoms with Gasteiger partial charge in [-0.05, 0) is 32.1 Å². The van der Waals surface area contributed by atoms with Crippen molar-refractivity contribution in [1.82, 2.24) is 20.6 Å². The molecule has 130 valence electrons. The minimum Gasteiger partial charge on any atom is -0.367 e. The van der Waals surface area contributed by atoms with Crippen molar-refractivity contribution in [2.75, 3.05) is 31.1 Å². The van der Waals surface area contributed by atoms with E-state index in [4.69, 9.17) is 16.3 Å². The van der Waals surface area contributed by atoms with E-state index in [1.807, 2.05) is 6.92 Å². The summed E-state index contributed by atoms with van der Waals surface area (Å²) in [5.41, 5.74) is 0.846. The molecule has 0 spiro atoms. The first kappa shape index (κ1) is 16.1. The number of ether oxygens (including phenoxy) is 1. The molecular weight excluding hydrogens is 330 g/mol. The molecular formula is C16H22ClN5O2. The fourth-order valence-electron chi connectivity index (χ4n) is 3.23. The Hall–Kier alpha value is -1.44. The van der Waals surface area contributed by atoms with E-state index in [-0.39, 0.29) is 18.2 Å². The van der Waals surface area contributed by atoms with Crippen molar-refractivity contribution < 1.29 is 9.53 Å². The summed E-state index contributed by atoms with van der Waals surface area (Å²) in [5.74, 6) is 1.81. The Balaban J connectivity index is 1.57. The number of nitrogens with one attached hydrogen (secondary N) is 2. The topological polar surface area (TPSA) is 79.4 Å². The molecule has 1 aliphatic carbocycles. The quantitative estimate of drug-likeness (QED) is 0.810. The van der Waals surface area contributed by atoms with Crippen LogP contribution in [0.25, 0.3) is 0 Å². The fraction of sp³-hybridized carbons (Fsp3) is 0.688. The maximum Gasteiger partial charge on any atom is 0.323 e. The molecule has 1 aromatic rings. The highest BCUT2D eigenvalue weighted by Gasteiger charge is 2.33. The lowest BCUT2D eigenvalue weighted by atomic mass is 10.1. The molecule has 24 heavy (non-hydrogen) atoms. The van der Waals surface area contributed by atoms with E-state index < -0.39 is 0 Å². The van der Waals surface area contributed by atoms with Gasteiger partial charge in [0, 0.05) is 31.2 Å². The molecule has 0 radical (unpaired) electrons. The number of fused-ring (bicyclic) bond motifs is 1. The summed E-state index contributed by atoms with van der Waals surface area (Å²) in [6.45, 7) is 4.78. The van der Waals surface area contributed by atoms with Crippen molar-refractivity contribution >= 4 is 23.4 Å². The van der Waals surface area contributed by atoms with Gasteiger partial charge in [0.25, 0.3) is 0 Å². The third-order valence-electron chi connectivity index (χ3n) is 4.85. The third kappa shape index (κ3) is 3.08. The second-order valence-corrected chi connectivity index (χ2v) is 7.10. The van der Waals surface area contributed by atoms with Crippen molar-refractivity contribution in [3.8, 4) is 0 Å². The van der Waals surface area contributed by atoms with Gasteiger partial charge in [-0.1, -0.05) is 11.6 Å². The van der Waals surface area contributed by atoms with E-state index in [0.717, 1.165) is 18.7 Å². The van der Waals surface area contributed by atoms with Crippen LogP contribution < -0.4 is 15.5 Å². The largest absolute Gasteiger partial charge is 0.367 e. The van der Waals surface area contributed by atoms with Crippen molar-refractivity contribution in [3.05, 3.63) is 16.5 Å². The molecule has 3 heterocycles. The number of carbonyl (C=O) groups is 1. The monoisotopic (exact) mass is 351 g/mol. The predicted octanol–water partition coefficient (Wildman–Crippen LogP) is 1.66. The SMILES string of the molecule is CC1NCCO[C@H]1c1nc(Cl)c2c(n1)N(C(=O)NCC1CC1)CC2. The Morgan fingerprint density at radius 1 is 1.46 bits per heavy atom. The van der Waals surface area contributed by atoms with Crippen LogP contribution in [0.5, 0.6) is 0 Å². The van der Waals surface area contributed by atoms with Crippen LogP contribution in [0, 0.1) is 5.92 Å². The van der Waals surface area contributed by atoms with Crippen LogP contribution in [0.4, 0.5) is 10.6 Å². The molecule has 7 nitrogen and oxygen atoms in total. The van der Waals surface area contributed by atoms with E-state index in [1.54, 1.807) is 4.90 Å². The van der Waals surface area contributed by atoms with E-state index >= 15 is 0 Å². The lowest BCUT2D eigenvalue weighted by Crippen LogP contribution is -2.42. The number of carbonyl (C=O) groups excluding carboxylic acids is 1. The lowest BCUT2D eigenvalue weighted by molar-refractivity contribution is -0.00554. The summed E-state index contributed by atoms with van der Waals surface area (Å²) in [5, 5.41) is 6.77. The van der Waals surface area contributed by atoms with Gasteiger partial charge in [0.05, 0.1) is 6.61 Å². The first-order chi connectivity index (χ1) is 11.6. The summed E-state index contributed by atoms with van der Waals surface area (Å²) in [4.78, 5) is 23.2. The normalized spacial score (nSPS) is 26.3. The van der Waals surface area contributed by atoms with Gasteiger partial charge >= 0.3 is 6.03 Å². The summed E-state index contributed by atoms with van der Waals surface area (Å²) in [7, 11) is 0. The van der Waals surface area contributed by atoms with E-state index in [2.05, 4.69) is 20.6 Å². The number of rotatable bonds is 3. The summed E-state index contributed by atoms with van der Waals surface area (Å²) < 4.78 is 5.81. The standard InChI is InChI=1S/C16H22ClN5O2/c1-9-12(24-7-5-18-9)14-20-13(17)11-4-6-22(15(11)21-14)16(23)19-8-10-2-3-10/h9-10,12,18H,2-8H2,1H3,(H,19,23)/t9?,12-/m1/s1. The molecule has 1 saturated heterocycles. The predicted molar refractivity (Wildman–Crippen MR) is 90.4 cm³/mol. The number of hydrogen-bond donors (Lipinski definition) is 2. The van der Waals surface area contributed by atoms with E-state index in [0.29, 0.717) is 42.3 Å². The van der Waals surface area contributed by atoms with Gasteiger partial charge in [-0.15, -0.1) is 0 Å². The maximum absolute atomic E-state index is 12.5. The molecule has 2 amide bonds. The Kier molecular flexibility index (Phi) is 4.32. The highest BCUT2D eigenvalue weighted by molar-refractivity contribution is 6.30. The number of urea groups is 1. The number of hydrogen-bond acceptors (Lipinski definition) is 5. The number of amides is 2. The Morgan fingerprint density at radius 3 is 3.04 bits per heavy atom. The number of morpholine rings is 1. The average molecular weight is 352 g/mol. The minimum atomic E-state index is -0.251. The minimum absolute atomic E-state index is 0.0999. The number of anilines is 1. The van der Waals surface area contributed by atoms with Crippen LogP contribution in [0.1, 0.15) is 37.3 Å². The number of aromatic nitrogens is 2. The zero-order chi connectivity index (χ0) is 16.7. The van der Waals surface area contributed by atoms with Gasteiger partial charge in [-0.2, -0.15) is 0 Å². The fourth-order valence-corrected chi connectivity index (χ4v) is 3.49. The maximum atomic E-state index is 12.5. The van der Waals surface area contributed by atoms with Gasteiger partial charge in [0.15, 0.2) is 5.82 Å². The van der Waals surface area contributed by atoms with Crippen molar-refractivity contribution in [1.29, 1.82) is 0 Å². The molecule has 8 heteroatoms. The van der Waals surface area contributed by atoms with Crippen LogP contribution in [0.15, 0.2) is 0 Å². The lowest BCUT2D eigenvalue weighted by Gasteiger charge is -2.29. The zero-order valence-corrected chi connectivity index (χ0v) is 14.5. The van der Waals surface area contributed by atoms with Crippen LogP contribution in [0.2, 0.25) is 5.15 Å². The molecule has 1 saturated carbocycles. The second kappa shape index (κ2) is 6.46. The van der Waals surface area contributed by atoms with Crippen LogP contribution in [-0.2, 0) is 11.2 Å². The molecule has 2 fully saturated rings. The smallest absolute Gasteiger partial charge is 0.323 e. The molecule has 0 aromatic carbocycles. The first-order valence-electron chi connectivity index (χ1n) is 8.60. The summed E-state index contributed by atoms with van der Waals surface area (Å²) in [6.07, 6.45) is 2.85. The highest BCUT2D eigenvalue weighted by atomic mass is 35.5. The molecule has 3 aliphatic rings. The Labute approximate surface area is 146 Å². The van der Waals surface area contributed by atoms with E-state index in [1.165, 1.54) is 12.8 Å². The van der Waals surface area contributed by atoms with Crippen molar-refractivity contribution in [2.45, 2.75) is 38.3 Å². The molecule has 2 atom stereocenters. The highest BCUT2D eigenvalue weighted by Crippen LogP contribution is 2.34. The molecule has 1 unspecified atom stereocenters. The van der Waals surface area contributed by atoms with Gasteiger partial charge in [0.2, 0.25) is 0 Å². The number of halogens is 1. The van der Waals surface area contributed by atoms with Gasteiger partial charge in [0.1, 0.15) is 17.1 Å². The average Bonchev–Trinajstić information content (AvgIpc) is 3.30. The van der Waals surface area contributed by atoms with Gasteiger partial charge in [-0.3, -0.25) is 4.90 Å². The summed E-state index contributed by atoms with van der Waals surface area (Å²) in [6, 6.07) is 0.00326. The van der Waals surface area contributed by atoms with Crippen LogP contribution >= 0.6 is 11.6 Å². The molecule has 2 aliphatic heterocycles. The Bertz CT molecular complexity index is 652. The molecule has 4 rings (SSSR count). The first-order valence-corrected chi connectivity index (χ1v) is 8.98. The molecule has 0 bridgehead atoms. The molecule has 1 aromatic heterocycles. The third-order valence-corrected chi connectivity index (χ3v) is 5.16. The van der Waals surface area contributed by atoms with Crippen LogP contribution in [-0.4, -0.2) is 48.3 Å². The van der Waals surface area contributed by atoms with Crippen molar-refractivity contribution in [3.63, 3.8) is 0 Å². The molecule has 2 N–H and O–H groups in total. The Morgan fingerprint density at radius 2 is 2.29 bits per heavy atom. The van der Waals surface area contributed by atoms with Crippen LogP contribution in [0.3, 0.4) is 0 Å². The summed E-state index contributed by atoms with van der Waals surface area (Å²) >= 11 is 6.36. The zero-order valence-electron chi connectivity index (χ0n) is 13.7. The second-order valence-electron chi connectivity index (χ2n) is 6.74. The number of nitrogens with zero attached hydrogens (tertiary/aromatic N) is 3.